The van der Waals surface area contributed by atoms with Gasteiger partial charge in [-0.3, -0.25) is 9.59 Å². The Balaban J connectivity index is 1.78. The van der Waals surface area contributed by atoms with Crippen LogP contribution in [0.3, 0.4) is 0 Å². The summed E-state index contributed by atoms with van der Waals surface area (Å²) in [7, 11) is 1.65. The number of hydrogen-bond acceptors (Lipinski definition) is 2. The topological polar surface area (TPSA) is 65.2 Å². The molecule has 0 aliphatic heterocycles. The van der Waals surface area contributed by atoms with Crippen molar-refractivity contribution in [2.24, 2.45) is 0 Å². The fraction of sp³-hybridized carbons (Fsp3) is 0.238. The number of amides is 2. The number of carbonyl (C=O) groups is 2. The molecule has 1 unspecified atom stereocenters. The first-order valence-corrected chi connectivity index (χ1v) is 8.75. The van der Waals surface area contributed by atoms with Gasteiger partial charge in [0.1, 0.15) is 11.9 Å². The molecule has 1 atom stereocenters. The smallest absolute Gasteiger partial charge is 0.245 e. The van der Waals surface area contributed by atoms with Crippen molar-refractivity contribution in [3.63, 3.8) is 0 Å². The number of benzene rings is 2. The van der Waals surface area contributed by atoms with Crippen LogP contribution in [0, 0.1) is 5.82 Å². The second-order valence-corrected chi connectivity index (χ2v) is 6.64. The van der Waals surface area contributed by atoms with Gasteiger partial charge in [-0.05, 0) is 29.3 Å². The van der Waals surface area contributed by atoms with Crippen LogP contribution in [0.15, 0.2) is 54.7 Å². The summed E-state index contributed by atoms with van der Waals surface area (Å²) in [5.74, 6) is -0.836. The Bertz CT molecular complexity index is 967. The maximum Gasteiger partial charge on any atom is 0.245 e. The van der Waals surface area contributed by atoms with Crippen molar-refractivity contribution in [1.29, 1.82) is 0 Å². The molecule has 0 fully saturated rings. The van der Waals surface area contributed by atoms with Gasteiger partial charge in [-0.1, -0.05) is 30.3 Å². The van der Waals surface area contributed by atoms with Crippen molar-refractivity contribution in [3.8, 4) is 0 Å². The average Bonchev–Trinajstić information content (AvgIpc) is 3.03. The van der Waals surface area contributed by atoms with Crippen LogP contribution in [0.25, 0.3) is 10.9 Å². The minimum absolute atomic E-state index is 0.222. The Morgan fingerprint density at radius 2 is 1.96 bits per heavy atom. The number of H-pyrrole nitrogens is 1. The second kappa shape index (κ2) is 8.03. The lowest BCUT2D eigenvalue weighted by atomic mass is 10.0. The van der Waals surface area contributed by atoms with Crippen molar-refractivity contribution in [2.75, 3.05) is 7.05 Å². The summed E-state index contributed by atoms with van der Waals surface area (Å²) in [5, 5.41) is 3.76. The maximum absolute atomic E-state index is 13.4. The zero-order valence-electron chi connectivity index (χ0n) is 15.3. The third-order valence-corrected chi connectivity index (χ3v) is 4.46. The van der Waals surface area contributed by atoms with Crippen LogP contribution in [0.1, 0.15) is 18.1 Å². The molecular weight excluding hydrogens is 345 g/mol. The largest absolute Gasteiger partial charge is 0.361 e. The summed E-state index contributed by atoms with van der Waals surface area (Å²) >= 11 is 0. The van der Waals surface area contributed by atoms with Gasteiger partial charge in [-0.15, -0.1) is 0 Å². The standard InChI is InChI=1S/C21H22FN3O2/c1-14(26)24-20(11-16-12-23-19-9-4-3-8-18(16)19)21(27)25(2)13-15-6-5-7-17(22)10-15/h3-10,12,20,23H,11,13H2,1-2H3,(H,24,26). The molecule has 2 aromatic carbocycles. The van der Waals surface area contributed by atoms with Gasteiger partial charge in [0.2, 0.25) is 11.8 Å². The monoisotopic (exact) mass is 367 g/mol. The van der Waals surface area contributed by atoms with Gasteiger partial charge in [0.15, 0.2) is 0 Å². The molecule has 27 heavy (non-hydrogen) atoms. The number of halogens is 1. The predicted molar refractivity (Wildman–Crippen MR) is 102 cm³/mol. The summed E-state index contributed by atoms with van der Waals surface area (Å²) in [6.07, 6.45) is 2.23. The van der Waals surface area contributed by atoms with Crippen molar-refractivity contribution >= 4 is 22.7 Å². The molecule has 3 aromatic rings. The minimum Gasteiger partial charge on any atom is -0.361 e. The third kappa shape index (κ3) is 4.53. The van der Waals surface area contributed by atoms with Crippen molar-refractivity contribution in [3.05, 3.63) is 71.7 Å². The number of fused-ring (bicyclic) bond motifs is 1. The molecule has 5 nitrogen and oxygen atoms in total. The van der Waals surface area contributed by atoms with Crippen molar-refractivity contribution in [2.45, 2.75) is 25.9 Å². The number of nitrogens with one attached hydrogen (secondary N) is 2. The fourth-order valence-electron chi connectivity index (χ4n) is 3.22. The number of carbonyl (C=O) groups excluding carboxylic acids is 2. The van der Waals surface area contributed by atoms with Gasteiger partial charge < -0.3 is 15.2 Å². The van der Waals surface area contributed by atoms with Gasteiger partial charge in [0.05, 0.1) is 0 Å². The molecule has 0 aliphatic rings. The van der Waals surface area contributed by atoms with Crippen LogP contribution in [0.2, 0.25) is 0 Å². The highest BCUT2D eigenvalue weighted by Gasteiger charge is 2.24. The van der Waals surface area contributed by atoms with E-state index in [4.69, 9.17) is 0 Å². The van der Waals surface area contributed by atoms with Gasteiger partial charge in [-0.25, -0.2) is 4.39 Å². The van der Waals surface area contributed by atoms with E-state index in [9.17, 15) is 14.0 Å². The normalized spacial score (nSPS) is 12.0. The Kier molecular flexibility index (Phi) is 5.54. The van der Waals surface area contributed by atoms with E-state index in [0.717, 1.165) is 16.5 Å². The Labute approximate surface area is 157 Å². The Morgan fingerprint density at radius 1 is 1.19 bits per heavy atom. The van der Waals surface area contributed by atoms with E-state index < -0.39 is 6.04 Å². The SMILES string of the molecule is CC(=O)NC(Cc1c[nH]c2ccccc12)C(=O)N(C)Cc1cccc(F)c1. The third-order valence-electron chi connectivity index (χ3n) is 4.46. The zero-order valence-corrected chi connectivity index (χ0v) is 15.3. The van der Waals surface area contributed by atoms with Crippen LogP contribution in [0.5, 0.6) is 0 Å². The molecule has 0 aliphatic carbocycles. The van der Waals surface area contributed by atoms with Crippen LogP contribution in [-0.4, -0.2) is 34.8 Å². The molecule has 6 heteroatoms. The zero-order chi connectivity index (χ0) is 19.4. The summed E-state index contributed by atoms with van der Waals surface area (Å²) < 4.78 is 13.4. The average molecular weight is 367 g/mol. The van der Waals surface area contributed by atoms with Crippen molar-refractivity contribution in [1.82, 2.24) is 15.2 Å². The molecule has 0 saturated carbocycles. The summed E-state index contributed by atoms with van der Waals surface area (Å²) in [4.78, 5) is 29.3. The van der Waals surface area contributed by atoms with E-state index in [0.29, 0.717) is 12.0 Å². The predicted octanol–water partition coefficient (Wildman–Crippen LogP) is 3.01. The molecule has 140 valence electrons. The molecule has 1 heterocycles. The minimum atomic E-state index is -0.694. The summed E-state index contributed by atoms with van der Waals surface area (Å²) in [6, 6.07) is 13.3. The highest BCUT2D eigenvalue weighted by molar-refractivity contribution is 5.89. The van der Waals surface area contributed by atoms with E-state index in [1.807, 2.05) is 30.5 Å². The number of aromatic nitrogens is 1. The maximum atomic E-state index is 13.4. The van der Waals surface area contributed by atoms with Crippen LogP contribution in [-0.2, 0) is 22.6 Å². The summed E-state index contributed by atoms with van der Waals surface area (Å²) in [6.45, 7) is 1.66. The number of likely N-dealkylation sites (N-methyl/N-ethyl adjacent to an activating group) is 1. The molecule has 0 radical (unpaired) electrons. The number of para-hydroxylation sites is 1. The number of nitrogens with zero attached hydrogens (tertiary/aromatic N) is 1. The van der Waals surface area contributed by atoms with Crippen LogP contribution < -0.4 is 5.32 Å². The lowest BCUT2D eigenvalue weighted by Gasteiger charge is -2.24. The number of rotatable bonds is 6. The van der Waals surface area contributed by atoms with E-state index in [1.165, 1.54) is 24.0 Å². The van der Waals surface area contributed by atoms with Gasteiger partial charge >= 0.3 is 0 Å². The molecular formula is C21H22FN3O2. The van der Waals surface area contributed by atoms with E-state index >= 15 is 0 Å². The Hall–Kier alpha value is -3.15. The lowest BCUT2D eigenvalue weighted by Crippen LogP contribution is -2.47. The Morgan fingerprint density at radius 3 is 2.70 bits per heavy atom. The molecule has 1 aromatic heterocycles. The second-order valence-electron chi connectivity index (χ2n) is 6.64. The van der Waals surface area contributed by atoms with E-state index in [1.54, 1.807) is 19.2 Å². The van der Waals surface area contributed by atoms with Gasteiger partial charge in [-0.2, -0.15) is 0 Å². The molecule has 0 bridgehead atoms. The summed E-state index contributed by atoms with van der Waals surface area (Å²) in [5.41, 5.74) is 2.63. The van der Waals surface area contributed by atoms with Gasteiger partial charge in [0.25, 0.3) is 0 Å². The highest BCUT2D eigenvalue weighted by atomic mass is 19.1. The molecule has 0 spiro atoms. The first-order chi connectivity index (χ1) is 12.9. The molecule has 2 N–H and O–H groups in total. The van der Waals surface area contributed by atoms with Crippen LogP contribution in [0.4, 0.5) is 4.39 Å². The number of hydrogen-bond donors (Lipinski definition) is 2. The first-order valence-electron chi connectivity index (χ1n) is 8.75. The molecule has 0 saturated heterocycles. The lowest BCUT2D eigenvalue weighted by molar-refractivity contribution is -0.135. The molecule has 3 rings (SSSR count). The van der Waals surface area contributed by atoms with E-state index in [-0.39, 0.29) is 24.2 Å². The molecule has 2 amide bonds. The van der Waals surface area contributed by atoms with E-state index in [2.05, 4.69) is 10.3 Å². The first kappa shape index (κ1) is 18.6. The van der Waals surface area contributed by atoms with Gasteiger partial charge in [0, 0.05) is 44.0 Å². The quantitative estimate of drug-likeness (QED) is 0.703. The van der Waals surface area contributed by atoms with Crippen molar-refractivity contribution < 1.29 is 14.0 Å². The highest BCUT2D eigenvalue weighted by Crippen LogP contribution is 2.20. The number of aromatic amines is 1. The van der Waals surface area contributed by atoms with Crippen LogP contribution >= 0.6 is 0 Å². The fourth-order valence-corrected chi connectivity index (χ4v) is 3.22.